The van der Waals surface area contributed by atoms with Crippen molar-refractivity contribution in [1.29, 1.82) is 0 Å². The zero-order valence-electron chi connectivity index (χ0n) is 10.7. The SMILES string of the molecule is CCOC(=O)C(CC)(CC)NCC(C)C. The van der Waals surface area contributed by atoms with E-state index in [1.54, 1.807) is 0 Å². The van der Waals surface area contributed by atoms with Gasteiger partial charge in [-0.25, -0.2) is 0 Å². The fourth-order valence-electron chi connectivity index (χ4n) is 1.53. The van der Waals surface area contributed by atoms with Gasteiger partial charge in [-0.3, -0.25) is 4.79 Å². The lowest BCUT2D eigenvalue weighted by Crippen LogP contribution is -2.53. The van der Waals surface area contributed by atoms with E-state index in [0.29, 0.717) is 12.5 Å². The van der Waals surface area contributed by atoms with Gasteiger partial charge in [-0.2, -0.15) is 0 Å². The highest BCUT2D eigenvalue weighted by Crippen LogP contribution is 2.17. The Kier molecular flexibility index (Phi) is 6.57. The summed E-state index contributed by atoms with van der Waals surface area (Å²) in [5.74, 6) is 0.424. The summed E-state index contributed by atoms with van der Waals surface area (Å²) >= 11 is 0. The molecule has 0 amide bonds. The van der Waals surface area contributed by atoms with Crippen molar-refractivity contribution in [2.24, 2.45) is 5.92 Å². The topological polar surface area (TPSA) is 38.3 Å². The number of rotatable bonds is 7. The third kappa shape index (κ3) is 4.20. The second-order valence-electron chi connectivity index (χ2n) is 4.28. The molecule has 90 valence electrons. The van der Waals surface area contributed by atoms with Crippen molar-refractivity contribution in [3.63, 3.8) is 0 Å². The Balaban J connectivity index is 4.49. The van der Waals surface area contributed by atoms with Crippen LogP contribution < -0.4 is 5.32 Å². The van der Waals surface area contributed by atoms with Gasteiger partial charge in [-0.15, -0.1) is 0 Å². The van der Waals surface area contributed by atoms with Gasteiger partial charge in [0.15, 0.2) is 0 Å². The summed E-state index contributed by atoms with van der Waals surface area (Å²) in [6.07, 6.45) is 1.55. The Morgan fingerprint density at radius 1 is 1.27 bits per heavy atom. The second kappa shape index (κ2) is 6.83. The first-order chi connectivity index (χ1) is 7.02. The van der Waals surface area contributed by atoms with Crippen molar-refractivity contribution in [3.8, 4) is 0 Å². The molecule has 0 heterocycles. The molecule has 0 aromatic heterocycles. The molecule has 0 aliphatic rings. The lowest BCUT2D eigenvalue weighted by molar-refractivity contribution is -0.151. The Morgan fingerprint density at radius 3 is 2.13 bits per heavy atom. The van der Waals surface area contributed by atoms with E-state index in [1.807, 2.05) is 20.8 Å². The molecule has 1 N–H and O–H groups in total. The molecule has 0 aromatic rings. The summed E-state index contributed by atoms with van der Waals surface area (Å²) in [6.45, 7) is 11.4. The smallest absolute Gasteiger partial charge is 0.326 e. The van der Waals surface area contributed by atoms with Crippen molar-refractivity contribution in [3.05, 3.63) is 0 Å². The highest BCUT2D eigenvalue weighted by Gasteiger charge is 2.35. The molecule has 15 heavy (non-hydrogen) atoms. The van der Waals surface area contributed by atoms with E-state index >= 15 is 0 Å². The van der Waals surface area contributed by atoms with E-state index in [4.69, 9.17) is 4.74 Å². The Hall–Kier alpha value is -0.570. The first-order valence-corrected chi connectivity index (χ1v) is 5.94. The quantitative estimate of drug-likeness (QED) is 0.662. The van der Waals surface area contributed by atoms with Crippen molar-refractivity contribution >= 4 is 5.97 Å². The number of esters is 1. The summed E-state index contributed by atoms with van der Waals surface area (Å²) in [5.41, 5.74) is -0.486. The van der Waals surface area contributed by atoms with Gasteiger partial charge in [-0.05, 0) is 32.2 Å². The van der Waals surface area contributed by atoms with Crippen LogP contribution in [0.5, 0.6) is 0 Å². The average Bonchev–Trinajstić information content (AvgIpc) is 2.20. The lowest BCUT2D eigenvalue weighted by atomic mass is 9.92. The maximum absolute atomic E-state index is 11.9. The molecule has 0 fully saturated rings. The molecule has 0 atom stereocenters. The van der Waals surface area contributed by atoms with Gasteiger partial charge >= 0.3 is 5.97 Å². The molecule has 0 unspecified atom stereocenters. The predicted molar refractivity (Wildman–Crippen MR) is 62.8 cm³/mol. The van der Waals surface area contributed by atoms with Crippen LogP contribution in [-0.4, -0.2) is 24.7 Å². The molecule has 0 rings (SSSR count). The zero-order valence-corrected chi connectivity index (χ0v) is 10.7. The van der Waals surface area contributed by atoms with Crippen LogP contribution in [-0.2, 0) is 9.53 Å². The third-order valence-electron chi connectivity index (χ3n) is 2.72. The summed E-state index contributed by atoms with van der Waals surface area (Å²) in [6, 6.07) is 0. The monoisotopic (exact) mass is 215 g/mol. The number of nitrogens with one attached hydrogen (secondary N) is 1. The number of carbonyl (C=O) groups excluding carboxylic acids is 1. The molecule has 0 saturated heterocycles. The molecule has 0 saturated carbocycles. The number of carbonyl (C=O) groups is 1. The van der Waals surface area contributed by atoms with E-state index in [-0.39, 0.29) is 5.97 Å². The Bertz CT molecular complexity index is 186. The largest absolute Gasteiger partial charge is 0.465 e. The number of ether oxygens (including phenoxy) is 1. The molecule has 0 aliphatic carbocycles. The predicted octanol–water partition coefficient (Wildman–Crippen LogP) is 2.35. The minimum atomic E-state index is -0.486. The third-order valence-corrected chi connectivity index (χ3v) is 2.72. The van der Waals surface area contributed by atoms with Crippen LogP contribution in [0.2, 0.25) is 0 Å². The molecule has 3 nitrogen and oxygen atoms in total. The van der Waals surface area contributed by atoms with Gasteiger partial charge in [0.2, 0.25) is 0 Å². The highest BCUT2D eigenvalue weighted by molar-refractivity contribution is 5.80. The van der Waals surface area contributed by atoms with E-state index < -0.39 is 5.54 Å². The molecular weight excluding hydrogens is 190 g/mol. The van der Waals surface area contributed by atoms with Gasteiger partial charge in [-0.1, -0.05) is 27.7 Å². The maximum atomic E-state index is 11.9. The fraction of sp³-hybridized carbons (Fsp3) is 0.917. The second-order valence-corrected chi connectivity index (χ2v) is 4.28. The van der Waals surface area contributed by atoms with Crippen molar-refractivity contribution in [2.45, 2.75) is 53.0 Å². The van der Waals surface area contributed by atoms with Crippen LogP contribution in [0.25, 0.3) is 0 Å². The van der Waals surface area contributed by atoms with Crippen LogP contribution in [0.3, 0.4) is 0 Å². The average molecular weight is 215 g/mol. The molecule has 3 heteroatoms. The molecular formula is C12H25NO2. The normalized spacial score (nSPS) is 11.9. The van der Waals surface area contributed by atoms with E-state index in [9.17, 15) is 4.79 Å². The lowest BCUT2D eigenvalue weighted by Gasteiger charge is -2.31. The van der Waals surface area contributed by atoms with E-state index in [1.165, 1.54) is 0 Å². The van der Waals surface area contributed by atoms with E-state index in [2.05, 4.69) is 19.2 Å². The van der Waals surface area contributed by atoms with Gasteiger partial charge in [0, 0.05) is 0 Å². The molecule has 0 aliphatic heterocycles. The Morgan fingerprint density at radius 2 is 1.80 bits per heavy atom. The van der Waals surface area contributed by atoms with Crippen molar-refractivity contribution < 1.29 is 9.53 Å². The van der Waals surface area contributed by atoms with Crippen LogP contribution in [0.15, 0.2) is 0 Å². The maximum Gasteiger partial charge on any atom is 0.326 e. The minimum absolute atomic E-state index is 0.115. The molecule has 0 bridgehead atoms. The summed E-state index contributed by atoms with van der Waals surface area (Å²) < 4.78 is 5.12. The van der Waals surface area contributed by atoms with Crippen LogP contribution in [0.4, 0.5) is 0 Å². The number of hydrogen-bond donors (Lipinski definition) is 1. The molecule has 0 aromatic carbocycles. The number of hydrogen-bond acceptors (Lipinski definition) is 3. The standard InChI is InChI=1S/C12H25NO2/c1-6-12(7-2,11(14)15-8-3)13-9-10(4)5/h10,13H,6-9H2,1-5H3. The van der Waals surface area contributed by atoms with Crippen molar-refractivity contribution in [2.75, 3.05) is 13.2 Å². The fourth-order valence-corrected chi connectivity index (χ4v) is 1.53. The summed E-state index contributed by atoms with van der Waals surface area (Å²) in [4.78, 5) is 11.9. The van der Waals surface area contributed by atoms with Crippen LogP contribution in [0, 0.1) is 5.92 Å². The van der Waals surface area contributed by atoms with Gasteiger partial charge in [0.1, 0.15) is 5.54 Å². The Labute approximate surface area is 93.6 Å². The first-order valence-electron chi connectivity index (χ1n) is 5.94. The van der Waals surface area contributed by atoms with Crippen molar-refractivity contribution in [1.82, 2.24) is 5.32 Å². The van der Waals surface area contributed by atoms with Gasteiger partial charge in [0.25, 0.3) is 0 Å². The summed E-state index contributed by atoms with van der Waals surface area (Å²) in [7, 11) is 0. The molecule has 0 spiro atoms. The molecule has 0 radical (unpaired) electrons. The van der Waals surface area contributed by atoms with E-state index in [0.717, 1.165) is 19.4 Å². The van der Waals surface area contributed by atoms with Gasteiger partial charge in [0.05, 0.1) is 6.61 Å². The minimum Gasteiger partial charge on any atom is -0.465 e. The van der Waals surface area contributed by atoms with Crippen LogP contribution in [0.1, 0.15) is 47.5 Å². The zero-order chi connectivity index (χ0) is 11.9. The highest BCUT2D eigenvalue weighted by atomic mass is 16.5. The first kappa shape index (κ1) is 14.4. The van der Waals surface area contributed by atoms with Gasteiger partial charge < -0.3 is 10.1 Å². The van der Waals surface area contributed by atoms with Crippen LogP contribution >= 0.6 is 0 Å². The summed E-state index contributed by atoms with van der Waals surface area (Å²) in [5, 5.41) is 3.34.